The van der Waals surface area contributed by atoms with E-state index in [2.05, 4.69) is 25.3 Å². The van der Waals surface area contributed by atoms with Crippen LogP contribution in [0.4, 0.5) is 0 Å². The zero-order chi connectivity index (χ0) is 15.7. The summed E-state index contributed by atoms with van der Waals surface area (Å²) in [5, 5.41) is 17.8. The molecule has 1 heterocycles. The van der Waals surface area contributed by atoms with E-state index in [0.29, 0.717) is 0 Å². The van der Waals surface area contributed by atoms with Crippen molar-refractivity contribution in [2.45, 2.75) is 22.8 Å². The van der Waals surface area contributed by atoms with Gasteiger partial charge in [-0.25, -0.2) is 26.7 Å². The summed E-state index contributed by atoms with van der Waals surface area (Å²) in [5.41, 5.74) is 0. The van der Waals surface area contributed by atoms with Crippen LogP contribution >= 0.6 is 0 Å². The summed E-state index contributed by atoms with van der Waals surface area (Å²) in [4.78, 5) is -0.526. The van der Waals surface area contributed by atoms with Gasteiger partial charge in [-0.05, 0) is 25.1 Å². The summed E-state index contributed by atoms with van der Waals surface area (Å²) >= 11 is 0. The number of sulfonamides is 2. The minimum absolute atomic E-state index is 0.154. The second-order valence-electron chi connectivity index (χ2n) is 4.13. The van der Waals surface area contributed by atoms with E-state index >= 15 is 0 Å². The molecular formula is C9H12N6O4S2. The number of benzene rings is 1. The van der Waals surface area contributed by atoms with Crippen molar-refractivity contribution in [3.63, 3.8) is 0 Å². The highest BCUT2D eigenvalue weighted by Crippen LogP contribution is 2.17. The topological polar surface area (TPSA) is 161 Å². The lowest BCUT2D eigenvalue weighted by atomic mass is 10.4. The molecule has 1 atom stereocenters. The minimum Gasteiger partial charge on any atom is -0.225 e. The molecule has 0 spiro atoms. The molecule has 0 amide bonds. The first kappa shape index (κ1) is 15.5. The van der Waals surface area contributed by atoms with E-state index in [1.165, 1.54) is 25.1 Å². The fourth-order valence-corrected chi connectivity index (χ4v) is 3.41. The lowest BCUT2D eigenvalue weighted by Crippen LogP contribution is -2.28. The van der Waals surface area contributed by atoms with Crippen LogP contribution in [0.25, 0.3) is 0 Å². The van der Waals surface area contributed by atoms with E-state index in [4.69, 9.17) is 5.14 Å². The first-order valence-corrected chi connectivity index (χ1v) is 8.61. The van der Waals surface area contributed by atoms with Crippen molar-refractivity contribution in [1.82, 2.24) is 25.3 Å². The number of hydrogen-bond donors (Lipinski definition) is 3. The highest BCUT2D eigenvalue weighted by Gasteiger charge is 2.22. The maximum atomic E-state index is 12.2. The lowest BCUT2D eigenvalue weighted by molar-refractivity contribution is 0.559. The second kappa shape index (κ2) is 5.48. The Morgan fingerprint density at radius 3 is 2.48 bits per heavy atom. The first-order valence-electron chi connectivity index (χ1n) is 5.59. The molecule has 1 aromatic carbocycles. The van der Waals surface area contributed by atoms with Gasteiger partial charge in [0.05, 0.1) is 15.8 Å². The molecule has 2 rings (SSSR count). The fraction of sp³-hybridized carbons (Fsp3) is 0.222. The maximum Gasteiger partial charge on any atom is 0.241 e. The molecule has 4 N–H and O–H groups in total. The Morgan fingerprint density at radius 1 is 1.24 bits per heavy atom. The van der Waals surface area contributed by atoms with Crippen molar-refractivity contribution < 1.29 is 16.8 Å². The molecule has 0 radical (unpaired) electrons. The Morgan fingerprint density at radius 2 is 1.90 bits per heavy atom. The van der Waals surface area contributed by atoms with Gasteiger partial charge >= 0.3 is 0 Å². The molecule has 10 nitrogen and oxygen atoms in total. The predicted molar refractivity (Wildman–Crippen MR) is 70.7 cm³/mol. The average Bonchev–Trinajstić information content (AvgIpc) is 2.91. The summed E-state index contributed by atoms with van der Waals surface area (Å²) in [5.74, 6) is 0.154. The first-order chi connectivity index (χ1) is 9.70. The van der Waals surface area contributed by atoms with Gasteiger partial charge in [-0.2, -0.15) is 5.21 Å². The molecule has 0 fully saturated rings. The Balaban J connectivity index is 2.32. The third-order valence-corrected chi connectivity index (χ3v) is 4.97. The highest BCUT2D eigenvalue weighted by atomic mass is 32.2. The van der Waals surface area contributed by atoms with Crippen molar-refractivity contribution in [3.05, 3.63) is 30.1 Å². The van der Waals surface area contributed by atoms with Gasteiger partial charge in [-0.3, -0.25) is 0 Å². The Labute approximate surface area is 120 Å². The fourth-order valence-electron chi connectivity index (χ4n) is 1.52. The number of nitrogens with one attached hydrogen (secondary N) is 2. The van der Waals surface area contributed by atoms with Gasteiger partial charge in [0.2, 0.25) is 20.0 Å². The van der Waals surface area contributed by atoms with Crippen molar-refractivity contribution >= 4 is 20.0 Å². The Kier molecular flexibility index (Phi) is 4.04. The van der Waals surface area contributed by atoms with E-state index in [9.17, 15) is 16.8 Å². The monoisotopic (exact) mass is 332 g/mol. The summed E-state index contributed by atoms with van der Waals surface area (Å²) in [6, 6.07) is 3.97. The van der Waals surface area contributed by atoms with Crippen LogP contribution in [-0.2, 0) is 20.0 Å². The maximum absolute atomic E-state index is 12.2. The third-order valence-electron chi connectivity index (χ3n) is 2.53. The molecule has 21 heavy (non-hydrogen) atoms. The molecule has 2 aromatic rings. The highest BCUT2D eigenvalue weighted by molar-refractivity contribution is 7.90. The predicted octanol–water partition coefficient (Wildman–Crippen LogP) is -1.11. The van der Waals surface area contributed by atoms with E-state index in [1.54, 1.807) is 0 Å². The van der Waals surface area contributed by atoms with Gasteiger partial charge in [-0.15, -0.1) is 10.2 Å². The van der Waals surface area contributed by atoms with Crippen LogP contribution in [0.2, 0.25) is 0 Å². The zero-order valence-electron chi connectivity index (χ0n) is 10.8. The molecule has 0 saturated carbocycles. The number of aromatic amines is 1. The summed E-state index contributed by atoms with van der Waals surface area (Å²) in [6.45, 7) is 1.52. The van der Waals surface area contributed by atoms with E-state index in [0.717, 1.165) is 6.07 Å². The summed E-state index contributed by atoms with van der Waals surface area (Å²) in [6.07, 6.45) is 0. The number of primary sulfonamides is 1. The normalized spacial score (nSPS) is 14.0. The molecule has 0 saturated heterocycles. The van der Waals surface area contributed by atoms with Crippen molar-refractivity contribution in [2.75, 3.05) is 0 Å². The summed E-state index contributed by atoms with van der Waals surface area (Å²) < 4.78 is 49.2. The molecular weight excluding hydrogens is 320 g/mol. The van der Waals surface area contributed by atoms with E-state index < -0.39 is 26.1 Å². The van der Waals surface area contributed by atoms with Gasteiger partial charge in [0.15, 0.2) is 5.82 Å². The Hall–Kier alpha value is -1.89. The number of aromatic nitrogens is 4. The van der Waals surface area contributed by atoms with Crippen LogP contribution in [0.1, 0.15) is 18.8 Å². The SMILES string of the molecule is CC(NS(=O)(=O)c1cccc(S(N)(=O)=O)c1)c1nn[nH]n1. The molecule has 12 heteroatoms. The van der Waals surface area contributed by atoms with Crippen LogP contribution in [0.5, 0.6) is 0 Å². The standard InChI is InChI=1S/C9H12N6O4S2/c1-6(9-11-14-15-12-9)13-21(18,19)8-4-2-3-7(5-8)20(10,16)17/h2-6,13H,1H3,(H2,10,16,17)(H,11,12,14,15). The molecule has 0 aliphatic heterocycles. The number of H-pyrrole nitrogens is 1. The smallest absolute Gasteiger partial charge is 0.225 e. The van der Waals surface area contributed by atoms with Crippen LogP contribution in [0.3, 0.4) is 0 Å². The zero-order valence-corrected chi connectivity index (χ0v) is 12.4. The third kappa shape index (κ3) is 3.60. The molecule has 1 aromatic heterocycles. The van der Waals surface area contributed by atoms with Gasteiger partial charge in [0, 0.05) is 0 Å². The van der Waals surface area contributed by atoms with E-state index in [1.807, 2.05) is 0 Å². The van der Waals surface area contributed by atoms with Gasteiger partial charge in [-0.1, -0.05) is 11.3 Å². The molecule has 1 unspecified atom stereocenters. The molecule has 0 bridgehead atoms. The molecule has 114 valence electrons. The van der Waals surface area contributed by atoms with Crippen LogP contribution in [-0.4, -0.2) is 37.5 Å². The van der Waals surface area contributed by atoms with Gasteiger partial charge in [0.1, 0.15) is 0 Å². The van der Waals surface area contributed by atoms with Crippen molar-refractivity contribution in [3.8, 4) is 0 Å². The van der Waals surface area contributed by atoms with Crippen molar-refractivity contribution in [1.29, 1.82) is 0 Å². The van der Waals surface area contributed by atoms with Crippen LogP contribution in [0, 0.1) is 0 Å². The Bertz CT molecular complexity index is 831. The summed E-state index contributed by atoms with van der Waals surface area (Å²) in [7, 11) is -7.95. The van der Waals surface area contributed by atoms with Crippen LogP contribution < -0.4 is 9.86 Å². The van der Waals surface area contributed by atoms with E-state index in [-0.39, 0.29) is 15.6 Å². The number of rotatable bonds is 5. The number of hydrogen-bond acceptors (Lipinski definition) is 7. The number of nitrogens with two attached hydrogens (primary N) is 1. The largest absolute Gasteiger partial charge is 0.241 e. The molecule has 0 aliphatic rings. The average molecular weight is 332 g/mol. The van der Waals surface area contributed by atoms with Gasteiger partial charge < -0.3 is 0 Å². The van der Waals surface area contributed by atoms with Crippen LogP contribution in [0.15, 0.2) is 34.1 Å². The van der Waals surface area contributed by atoms with Crippen molar-refractivity contribution in [2.24, 2.45) is 5.14 Å². The quantitative estimate of drug-likeness (QED) is 0.625. The number of nitrogens with zero attached hydrogens (tertiary/aromatic N) is 3. The molecule has 0 aliphatic carbocycles. The second-order valence-corrected chi connectivity index (χ2v) is 7.41. The minimum atomic E-state index is -3.99. The van der Waals surface area contributed by atoms with Gasteiger partial charge in [0.25, 0.3) is 0 Å². The lowest BCUT2D eigenvalue weighted by Gasteiger charge is -2.11. The number of tetrazole rings is 1.